The Hall–Kier alpha value is -1.04. The first-order valence-electron chi connectivity index (χ1n) is 4.47. The topological polar surface area (TPSA) is 0 Å². The summed E-state index contributed by atoms with van der Waals surface area (Å²) in [6.45, 7) is 6.58. The predicted molar refractivity (Wildman–Crippen MR) is 55.0 cm³/mol. The van der Waals surface area contributed by atoms with Gasteiger partial charge in [0.25, 0.3) is 0 Å². The van der Waals surface area contributed by atoms with Crippen LogP contribution < -0.4 is 0 Å². The van der Waals surface area contributed by atoms with Gasteiger partial charge in [0, 0.05) is 0 Å². The Morgan fingerprint density at radius 2 is 1.67 bits per heavy atom. The third-order valence-electron chi connectivity index (χ3n) is 2.38. The van der Waals surface area contributed by atoms with Gasteiger partial charge in [-0.15, -0.1) is 0 Å². The molecular weight excluding hydrogens is 144 g/mol. The lowest BCUT2D eigenvalue weighted by Crippen LogP contribution is -1.82. The molecule has 0 radical (unpaired) electrons. The molecule has 12 heavy (non-hydrogen) atoms. The molecule has 0 heterocycles. The second-order valence-electron chi connectivity index (χ2n) is 3.12. The first kappa shape index (κ1) is 9.05. The van der Waals surface area contributed by atoms with Crippen molar-refractivity contribution < 1.29 is 0 Å². The Balaban J connectivity index is 3.00. The first-order chi connectivity index (χ1) is 5.75. The van der Waals surface area contributed by atoms with Gasteiger partial charge in [0.1, 0.15) is 0 Å². The fourth-order valence-corrected chi connectivity index (χ4v) is 1.20. The molecule has 1 rings (SSSR count). The third kappa shape index (κ3) is 1.97. The molecule has 0 saturated heterocycles. The second-order valence-corrected chi connectivity index (χ2v) is 3.12. The molecular formula is C12H16. The summed E-state index contributed by atoms with van der Waals surface area (Å²) < 4.78 is 0. The summed E-state index contributed by atoms with van der Waals surface area (Å²) in [5.41, 5.74) is 4.23. The maximum absolute atomic E-state index is 2.20. The van der Waals surface area contributed by atoms with Gasteiger partial charge in [0.05, 0.1) is 0 Å². The minimum absolute atomic E-state index is 1.14. The van der Waals surface area contributed by atoms with Gasteiger partial charge < -0.3 is 0 Å². The predicted octanol–water partition coefficient (Wildman–Crippen LogP) is 3.89. The van der Waals surface area contributed by atoms with E-state index >= 15 is 0 Å². The quantitative estimate of drug-likeness (QED) is 0.615. The Labute approximate surface area is 74.9 Å². The van der Waals surface area contributed by atoms with Crippen molar-refractivity contribution in [2.75, 3.05) is 0 Å². The van der Waals surface area contributed by atoms with Gasteiger partial charge in [0.2, 0.25) is 0 Å². The summed E-state index contributed by atoms with van der Waals surface area (Å²) in [6.07, 6.45) is 1.14. The van der Waals surface area contributed by atoms with E-state index in [0.29, 0.717) is 0 Å². The van der Waals surface area contributed by atoms with Crippen molar-refractivity contribution in [1.82, 2.24) is 0 Å². The maximum atomic E-state index is 2.20. The van der Waals surface area contributed by atoms with Crippen LogP contribution in [0.15, 0.2) is 35.9 Å². The van der Waals surface area contributed by atoms with Crippen LogP contribution in [-0.2, 0) is 0 Å². The Kier molecular flexibility index (Phi) is 3.09. The number of benzene rings is 1. The lowest BCUT2D eigenvalue weighted by Gasteiger charge is -2.05. The standard InChI is InChI=1S/C12H16/c1-4-10(2)11(3)12-8-6-5-7-9-12/h5-9H,4H2,1-3H3/b11-10+. The van der Waals surface area contributed by atoms with Gasteiger partial charge in [-0.1, -0.05) is 42.8 Å². The summed E-state index contributed by atoms with van der Waals surface area (Å²) in [7, 11) is 0. The van der Waals surface area contributed by atoms with E-state index in [-0.39, 0.29) is 0 Å². The van der Waals surface area contributed by atoms with Crippen molar-refractivity contribution in [3.8, 4) is 0 Å². The largest absolute Gasteiger partial charge is 0.0701 e. The average molecular weight is 160 g/mol. The van der Waals surface area contributed by atoms with Crippen LogP contribution in [0.2, 0.25) is 0 Å². The molecule has 1 aromatic carbocycles. The fraction of sp³-hybridized carbons (Fsp3) is 0.333. The van der Waals surface area contributed by atoms with Gasteiger partial charge in [-0.25, -0.2) is 0 Å². The highest BCUT2D eigenvalue weighted by Crippen LogP contribution is 2.18. The van der Waals surface area contributed by atoms with Crippen LogP contribution in [0, 0.1) is 0 Å². The second kappa shape index (κ2) is 4.10. The van der Waals surface area contributed by atoms with Crippen LogP contribution in [0.25, 0.3) is 5.57 Å². The lowest BCUT2D eigenvalue weighted by molar-refractivity contribution is 1.10. The number of rotatable bonds is 2. The van der Waals surface area contributed by atoms with Crippen molar-refractivity contribution in [3.05, 3.63) is 41.5 Å². The highest BCUT2D eigenvalue weighted by Gasteiger charge is 1.96. The maximum Gasteiger partial charge on any atom is -0.0228 e. The Morgan fingerprint density at radius 1 is 1.08 bits per heavy atom. The van der Waals surface area contributed by atoms with Crippen molar-refractivity contribution >= 4 is 5.57 Å². The summed E-state index contributed by atoms with van der Waals surface area (Å²) in [5, 5.41) is 0. The molecule has 0 aliphatic heterocycles. The zero-order chi connectivity index (χ0) is 8.97. The van der Waals surface area contributed by atoms with E-state index in [1.165, 1.54) is 16.7 Å². The SMILES string of the molecule is CC/C(C)=C(\C)c1ccccc1. The summed E-state index contributed by atoms with van der Waals surface area (Å²) in [5.74, 6) is 0. The van der Waals surface area contributed by atoms with Crippen molar-refractivity contribution in [1.29, 1.82) is 0 Å². The van der Waals surface area contributed by atoms with Crippen LogP contribution >= 0.6 is 0 Å². The Morgan fingerprint density at radius 3 is 2.17 bits per heavy atom. The molecule has 0 saturated carbocycles. The van der Waals surface area contributed by atoms with Gasteiger partial charge in [-0.3, -0.25) is 0 Å². The van der Waals surface area contributed by atoms with E-state index in [2.05, 4.69) is 51.1 Å². The van der Waals surface area contributed by atoms with E-state index in [0.717, 1.165) is 6.42 Å². The van der Waals surface area contributed by atoms with E-state index in [1.54, 1.807) is 0 Å². The van der Waals surface area contributed by atoms with Gasteiger partial charge in [-0.2, -0.15) is 0 Å². The van der Waals surface area contributed by atoms with Gasteiger partial charge in [-0.05, 0) is 31.4 Å². The molecule has 0 spiro atoms. The van der Waals surface area contributed by atoms with Gasteiger partial charge in [0.15, 0.2) is 0 Å². The minimum atomic E-state index is 1.14. The fourth-order valence-electron chi connectivity index (χ4n) is 1.20. The summed E-state index contributed by atoms with van der Waals surface area (Å²) in [4.78, 5) is 0. The normalized spacial score (nSPS) is 12.6. The monoisotopic (exact) mass is 160 g/mol. The van der Waals surface area contributed by atoms with Crippen LogP contribution in [0.4, 0.5) is 0 Å². The molecule has 0 heteroatoms. The van der Waals surface area contributed by atoms with E-state index in [4.69, 9.17) is 0 Å². The molecule has 0 atom stereocenters. The summed E-state index contributed by atoms with van der Waals surface area (Å²) >= 11 is 0. The molecule has 0 N–H and O–H groups in total. The number of hydrogen-bond donors (Lipinski definition) is 0. The highest BCUT2D eigenvalue weighted by atomic mass is 14.0. The first-order valence-corrected chi connectivity index (χ1v) is 4.47. The third-order valence-corrected chi connectivity index (χ3v) is 2.38. The molecule has 0 fully saturated rings. The van der Waals surface area contributed by atoms with Crippen LogP contribution in [0.3, 0.4) is 0 Å². The molecule has 0 nitrogen and oxygen atoms in total. The number of allylic oxidation sites excluding steroid dienone is 2. The molecule has 64 valence electrons. The van der Waals surface area contributed by atoms with E-state index < -0.39 is 0 Å². The van der Waals surface area contributed by atoms with Crippen LogP contribution in [-0.4, -0.2) is 0 Å². The minimum Gasteiger partial charge on any atom is -0.0701 e. The molecule has 0 unspecified atom stereocenters. The van der Waals surface area contributed by atoms with E-state index in [9.17, 15) is 0 Å². The van der Waals surface area contributed by atoms with E-state index in [1.807, 2.05) is 0 Å². The van der Waals surface area contributed by atoms with Crippen LogP contribution in [0.5, 0.6) is 0 Å². The smallest absolute Gasteiger partial charge is 0.0228 e. The molecule has 0 aromatic heterocycles. The number of hydrogen-bond acceptors (Lipinski definition) is 0. The summed E-state index contributed by atoms with van der Waals surface area (Å²) in [6, 6.07) is 10.5. The Bertz CT molecular complexity index is 267. The average Bonchev–Trinajstić information content (AvgIpc) is 2.17. The molecule has 1 aromatic rings. The van der Waals surface area contributed by atoms with Crippen molar-refractivity contribution in [3.63, 3.8) is 0 Å². The lowest BCUT2D eigenvalue weighted by atomic mass is 10.0. The van der Waals surface area contributed by atoms with Crippen LogP contribution in [0.1, 0.15) is 32.8 Å². The molecule has 0 aliphatic rings. The zero-order valence-electron chi connectivity index (χ0n) is 8.09. The molecule has 0 amide bonds. The molecule has 0 bridgehead atoms. The van der Waals surface area contributed by atoms with Crippen molar-refractivity contribution in [2.45, 2.75) is 27.2 Å². The van der Waals surface area contributed by atoms with Gasteiger partial charge >= 0.3 is 0 Å². The zero-order valence-corrected chi connectivity index (χ0v) is 8.09. The molecule has 0 aliphatic carbocycles. The van der Waals surface area contributed by atoms with Crippen molar-refractivity contribution in [2.24, 2.45) is 0 Å². The highest BCUT2D eigenvalue weighted by molar-refractivity contribution is 5.66.